The topological polar surface area (TPSA) is 92.7 Å². The van der Waals surface area contributed by atoms with Gasteiger partial charge < -0.3 is 15.2 Å². The first-order chi connectivity index (χ1) is 20.3. The lowest BCUT2D eigenvalue weighted by atomic mass is 9.45. The lowest BCUT2D eigenvalue weighted by molar-refractivity contribution is -0.182. The Morgan fingerprint density at radius 1 is 0.837 bits per heavy atom. The summed E-state index contributed by atoms with van der Waals surface area (Å²) in [4.78, 5) is 37.3. The Hall–Kier alpha value is -1.59. The van der Waals surface area contributed by atoms with Crippen LogP contribution in [-0.4, -0.2) is 35.6 Å². The van der Waals surface area contributed by atoms with E-state index < -0.39 is 5.97 Å². The third kappa shape index (κ3) is 6.16. The van der Waals surface area contributed by atoms with Crippen LogP contribution in [0.4, 0.5) is 0 Å². The molecule has 5 fully saturated rings. The van der Waals surface area contributed by atoms with Gasteiger partial charge >= 0.3 is 11.9 Å². The van der Waals surface area contributed by atoms with Crippen LogP contribution in [0.15, 0.2) is 0 Å². The van der Waals surface area contributed by atoms with Crippen LogP contribution < -0.4 is 5.32 Å². The number of nitrogens with one attached hydrogen (secondary N) is 1. The molecule has 0 saturated heterocycles. The first kappa shape index (κ1) is 32.8. The molecule has 6 nitrogen and oxygen atoms in total. The number of ether oxygens (including phenoxy) is 1. The molecule has 0 aromatic heterocycles. The van der Waals surface area contributed by atoms with E-state index in [1.807, 2.05) is 0 Å². The normalized spacial score (nSPS) is 44.1. The number of rotatable bonds is 8. The number of fused-ring (bicyclic) bond motifs is 2. The van der Waals surface area contributed by atoms with Gasteiger partial charge in [-0.1, -0.05) is 47.5 Å². The highest BCUT2D eigenvalue weighted by atomic mass is 16.5. The smallest absolute Gasteiger partial charge is 0.306 e. The van der Waals surface area contributed by atoms with E-state index in [1.54, 1.807) is 6.92 Å². The average Bonchev–Trinajstić information content (AvgIpc) is 3.39. The lowest BCUT2D eigenvalue weighted by Crippen LogP contribution is -2.57. The van der Waals surface area contributed by atoms with Crippen molar-refractivity contribution in [2.45, 2.75) is 144 Å². The minimum atomic E-state index is -0.664. The van der Waals surface area contributed by atoms with Crippen molar-refractivity contribution in [2.24, 2.45) is 63.6 Å². The molecule has 9 atom stereocenters. The zero-order valence-corrected chi connectivity index (χ0v) is 28.1. The summed E-state index contributed by atoms with van der Waals surface area (Å²) >= 11 is 0. The minimum absolute atomic E-state index is 0.0131. The number of amides is 1. The number of hydrogen-bond donors (Lipinski definition) is 2. The Kier molecular flexibility index (Phi) is 9.65. The van der Waals surface area contributed by atoms with Crippen LogP contribution in [0, 0.1) is 63.6 Å². The summed E-state index contributed by atoms with van der Waals surface area (Å²) < 4.78 is 5.88. The average molecular weight is 600 g/mol. The first-order valence-electron chi connectivity index (χ1n) is 18.0. The van der Waals surface area contributed by atoms with Gasteiger partial charge in [-0.05, 0) is 130 Å². The molecule has 5 saturated carbocycles. The van der Waals surface area contributed by atoms with Crippen molar-refractivity contribution >= 4 is 17.8 Å². The van der Waals surface area contributed by atoms with Gasteiger partial charge in [0.05, 0.1) is 11.3 Å². The fourth-order valence-corrected chi connectivity index (χ4v) is 11.9. The number of hydrogen-bond acceptors (Lipinski definition) is 4. The Labute approximate surface area is 261 Å². The fraction of sp³-hybridized carbons (Fsp3) is 0.919. The van der Waals surface area contributed by atoms with Crippen LogP contribution in [0.2, 0.25) is 0 Å². The number of aliphatic carboxylic acids is 1. The summed E-state index contributed by atoms with van der Waals surface area (Å²) in [6.45, 7) is 14.5. The van der Waals surface area contributed by atoms with Crippen molar-refractivity contribution < 1.29 is 24.2 Å². The van der Waals surface area contributed by atoms with Gasteiger partial charge in [0.1, 0.15) is 6.10 Å². The maximum absolute atomic E-state index is 14.0. The Balaban J connectivity index is 1.25. The van der Waals surface area contributed by atoms with Gasteiger partial charge in [-0.3, -0.25) is 14.4 Å². The molecule has 9 unspecified atom stereocenters. The molecule has 0 heterocycles. The molecule has 2 N–H and O–H groups in total. The van der Waals surface area contributed by atoms with Crippen LogP contribution in [0.5, 0.6) is 0 Å². The number of carboxylic acids is 1. The van der Waals surface area contributed by atoms with Crippen LogP contribution in [0.3, 0.4) is 0 Å². The Morgan fingerprint density at radius 3 is 2.23 bits per heavy atom. The number of carbonyl (C=O) groups is 3. The third-order valence-corrected chi connectivity index (χ3v) is 14.4. The molecule has 0 aromatic carbocycles. The Bertz CT molecular complexity index is 1030. The van der Waals surface area contributed by atoms with Gasteiger partial charge in [0.2, 0.25) is 5.91 Å². The molecule has 0 aliphatic heterocycles. The van der Waals surface area contributed by atoms with Gasteiger partial charge in [-0.25, -0.2) is 0 Å². The van der Waals surface area contributed by atoms with E-state index in [9.17, 15) is 19.5 Å². The molecule has 0 spiro atoms. The number of esters is 1. The molecule has 1 amide bonds. The number of carbonyl (C=O) groups excluding carboxylic acids is 2. The SMILES string of the molecule is CC(=O)OC1CCC2(C)C(CCC3C(C)CCC4(C(=O)NCC5CCC(C(=O)O)CC5)CCCC34)C(C)CCC2C1(C)C. The van der Waals surface area contributed by atoms with E-state index in [-0.39, 0.29) is 34.2 Å². The van der Waals surface area contributed by atoms with Gasteiger partial charge in [-0.15, -0.1) is 0 Å². The van der Waals surface area contributed by atoms with Crippen molar-refractivity contribution in [3.05, 3.63) is 0 Å². The van der Waals surface area contributed by atoms with Crippen molar-refractivity contribution in [1.82, 2.24) is 5.32 Å². The monoisotopic (exact) mass is 599 g/mol. The quantitative estimate of drug-likeness (QED) is 0.276. The molecule has 43 heavy (non-hydrogen) atoms. The van der Waals surface area contributed by atoms with Gasteiger partial charge in [0.15, 0.2) is 0 Å². The summed E-state index contributed by atoms with van der Waals surface area (Å²) in [6, 6.07) is 0. The molecule has 0 radical (unpaired) electrons. The van der Waals surface area contributed by atoms with Crippen LogP contribution >= 0.6 is 0 Å². The second kappa shape index (κ2) is 12.7. The molecule has 5 rings (SSSR count). The zero-order valence-electron chi connectivity index (χ0n) is 28.1. The van der Waals surface area contributed by atoms with E-state index in [0.29, 0.717) is 53.9 Å². The molecule has 5 aliphatic carbocycles. The molecule has 244 valence electrons. The largest absolute Gasteiger partial charge is 0.481 e. The maximum Gasteiger partial charge on any atom is 0.306 e. The lowest BCUT2D eigenvalue weighted by Gasteiger charge is -2.61. The van der Waals surface area contributed by atoms with E-state index in [2.05, 4.69) is 39.9 Å². The van der Waals surface area contributed by atoms with Crippen LogP contribution in [-0.2, 0) is 19.1 Å². The summed E-state index contributed by atoms with van der Waals surface area (Å²) in [7, 11) is 0. The van der Waals surface area contributed by atoms with Crippen molar-refractivity contribution in [3.63, 3.8) is 0 Å². The predicted molar refractivity (Wildman–Crippen MR) is 169 cm³/mol. The minimum Gasteiger partial charge on any atom is -0.481 e. The zero-order chi connectivity index (χ0) is 31.2. The summed E-state index contributed by atoms with van der Waals surface area (Å²) in [5, 5.41) is 12.8. The standard InChI is InChI=1S/C37H61NO5/c1-23-17-21-37(34(42)38-22-26-10-12-27(13-11-26)33(40)41)19-7-8-30(37)28(23)14-15-29-24(2)9-16-31-35(4,5)32(43-25(3)39)18-20-36(29,31)6/h23-24,26-32H,7-22H2,1-6H3,(H,38,42)(H,40,41). The van der Waals surface area contributed by atoms with Crippen molar-refractivity contribution in [1.29, 1.82) is 0 Å². The second-order valence-electron chi connectivity index (χ2n) is 16.9. The summed E-state index contributed by atoms with van der Waals surface area (Å²) in [5.41, 5.74) is 0.0460. The van der Waals surface area contributed by atoms with Crippen molar-refractivity contribution in [2.75, 3.05) is 6.54 Å². The van der Waals surface area contributed by atoms with Gasteiger partial charge in [0, 0.05) is 18.9 Å². The van der Waals surface area contributed by atoms with Crippen LogP contribution in [0.25, 0.3) is 0 Å². The molecular weight excluding hydrogens is 538 g/mol. The molecule has 5 aliphatic rings. The first-order valence-corrected chi connectivity index (χ1v) is 18.0. The van der Waals surface area contributed by atoms with E-state index in [0.717, 1.165) is 64.2 Å². The second-order valence-corrected chi connectivity index (χ2v) is 16.9. The third-order valence-electron chi connectivity index (χ3n) is 14.4. The highest BCUT2D eigenvalue weighted by Crippen LogP contribution is 2.64. The van der Waals surface area contributed by atoms with E-state index in [1.165, 1.54) is 32.1 Å². The summed E-state index contributed by atoms with van der Waals surface area (Å²) in [6.07, 6.45) is 15.9. The molecule has 0 bridgehead atoms. The molecule has 6 heteroatoms. The van der Waals surface area contributed by atoms with E-state index >= 15 is 0 Å². The van der Waals surface area contributed by atoms with Gasteiger partial charge in [-0.2, -0.15) is 0 Å². The fourth-order valence-electron chi connectivity index (χ4n) is 11.9. The van der Waals surface area contributed by atoms with E-state index in [4.69, 9.17) is 4.74 Å². The molecular formula is C37H61NO5. The van der Waals surface area contributed by atoms with Gasteiger partial charge in [0.25, 0.3) is 0 Å². The predicted octanol–water partition coefficient (Wildman–Crippen LogP) is 8.03. The maximum atomic E-state index is 14.0. The Morgan fingerprint density at radius 2 is 1.56 bits per heavy atom. The van der Waals surface area contributed by atoms with Crippen molar-refractivity contribution in [3.8, 4) is 0 Å². The number of carboxylic acid groups (broad SMARTS) is 1. The molecule has 0 aromatic rings. The highest BCUT2D eigenvalue weighted by molar-refractivity contribution is 5.83. The summed E-state index contributed by atoms with van der Waals surface area (Å²) in [5.74, 6) is 3.38. The van der Waals surface area contributed by atoms with Crippen LogP contribution in [0.1, 0.15) is 138 Å². The highest BCUT2D eigenvalue weighted by Gasteiger charge is 2.59.